The monoisotopic (exact) mass is 618 g/mol. The van der Waals surface area contributed by atoms with Crippen molar-refractivity contribution in [2.75, 3.05) is 12.4 Å². The number of aryl methyl sites for hydroxylation is 1. The molecule has 0 fully saturated rings. The Morgan fingerprint density at radius 3 is 2.22 bits per heavy atom. The Labute approximate surface area is 222 Å². The highest BCUT2D eigenvalue weighted by Gasteiger charge is 2.28. The number of hydrogen-bond acceptors (Lipinski definition) is 5. The van der Waals surface area contributed by atoms with Crippen molar-refractivity contribution in [2.45, 2.75) is 23.9 Å². The summed E-state index contributed by atoms with van der Waals surface area (Å²) in [5.74, 6) is 0.616. The Balaban J connectivity index is 1.77. The fraction of sp³-hybridized carbons (Fsp3) is 0.185. The second-order valence-corrected chi connectivity index (χ2v) is 10.5. The molecule has 1 heterocycles. The Hall–Kier alpha value is -3.67. The maximum atomic E-state index is 14.3. The Morgan fingerprint density at radius 1 is 0.973 bits per heavy atom. The van der Waals surface area contributed by atoms with Gasteiger partial charge >= 0.3 is 15.3 Å². The normalized spacial score (nSPS) is 11.4. The van der Waals surface area contributed by atoms with Gasteiger partial charge in [0, 0.05) is 11.3 Å². The summed E-state index contributed by atoms with van der Waals surface area (Å²) in [5.41, 5.74) is 1.36. The van der Waals surface area contributed by atoms with Crippen molar-refractivity contribution in [1.29, 1.82) is 0 Å². The molecule has 1 N–H and O–H groups in total. The molecule has 4 rings (SSSR count). The van der Waals surface area contributed by atoms with Gasteiger partial charge in [-0.25, -0.2) is 14.2 Å². The van der Waals surface area contributed by atoms with Crippen molar-refractivity contribution >= 4 is 36.9 Å². The third-order valence-corrected chi connectivity index (χ3v) is 7.31. The second-order valence-electron chi connectivity index (χ2n) is 8.34. The van der Waals surface area contributed by atoms with E-state index >= 15 is 0 Å². The van der Waals surface area contributed by atoms with Gasteiger partial charge in [0.15, 0.2) is 0 Å². The van der Waals surface area contributed by atoms with Crippen LogP contribution in [0.5, 0.6) is 5.75 Å². The number of nitrogens with one attached hydrogen (secondary N) is 1. The first-order valence-electron chi connectivity index (χ1n) is 11.3. The van der Waals surface area contributed by atoms with Gasteiger partial charge < -0.3 is 10.1 Å². The average Bonchev–Trinajstić information content (AvgIpc) is 2.90. The summed E-state index contributed by atoms with van der Waals surface area (Å²) in [6.45, 7) is 2.09. The van der Waals surface area contributed by atoms with Crippen LogP contribution in [-0.2, 0) is 17.0 Å². The number of nitrogens with zero attached hydrogens (tertiary/aromatic N) is 3. The standard InChI is InChI=1S/C27H25F2IN4O3/c1-18-7-9-19(10-8-18)16-33-24(31-22-6-4-5-21(15-22)27(28,29)30-2)32-25(35)34(26(33)36)17-20-11-13-23(37-3)14-12-20/h4-15H,2,16-17H2,1,3H3,(H,31,32,35). The molecular weight excluding hydrogens is 593 g/mol. The minimum atomic E-state index is -3.01. The molecule has 0 unspecified atom stereocenters. The van der Waals surface area contributed by atoms with Crippen LogP contribution in [0.25, 0.3) is 0 Å². The number of ether oxygens (including phenoxy) is 1. The summed E-state index contributed by atoms with van der Waals surface area (Å²) < 4.78 is 36.5. The maximum absolute atomic E-state index is 14.3. The van der Waals surface area contributed by atoms with Crippen LogP contribution >= 0.6 is 20.7 Å². The molecule has 0 aliphatic carbocycles. The molecule has 3 aromatic carbocycles. The van der Waals surface area contributed by atoms with E-state index in [2.05, 4.69) is 14.8 Å². The van der Waals surface area contributed by atoms with E-state index in [0.717, 1.165) is 21.3 Å². The molecule has 192 valence electrons. The molecule has 4 aromatic rings. The van der Waals surface area contributed by atoms with Crippen LogP contribution in [0.3, 0.4) is 0 Å². The molecule has 0 atom stereocenters. The lowest BCUT2D eigenvalue weighted by Gasteiger charge is -2.17. The van der Waals surface area contributed by atoms with Gasteiger partial charge in [0.25, 0.3) is 0 Å². The smallest absolute Gasteiger partial charge is 0.355 e. The molecule has 1 aromatic heterocycles. The summed E-state index contributed by atoms with van der Waals surface area (Å²) in [4.78, 5) is 30.6. The largest absolute Gasteiger partial charge is 0.497 e. The fourth-order valence-electron chi connectivity index (χ4n) is 3.67. The van der Waals surface area contributed by atoms with Gasteiger partial charge in [-0.15, -0.1) is 0 Å². The fourth-order valence-corrected chi connectivity index (χ4v) is 4.45. The van der Waals surface area contributed by atoms with Crippen molar-refractivity contribution in [3.63, 3.8) is 0 Å². The van der Waals surface area contributed by atoms with Crippen LogP contribution in [-0.4, -0.2) is 25.7 Å². The van der Waals surface area contributed by atoms with Crippen LogP contribution < -0.4 is 21.4 Å². The first-order chi connectivity index (χ1) is 17.7. The predicted octanol–water partition coefficient (Wildman–Crippen LogP) is 5.01. The van der Waals surface area contributed by atoms with Crippen LogP contribution in [0.2, 0.25) is 0 Å². The van der Waals surface area contributed by atoms with E-state index in [1.807, 2.05) is 31.2 Å². The number of halogens is 3. The zero-order valence-electron chi connectivity index (χ0n) is 20.2. The average molecular weight is 618 g/mol. The summed E-state index contributed by atoms with van der Waals surface area (Å²) in [6.07, 6.45) is 0. The van der Waals surface area contributed by atoms with E-state index in [1.54, 1.807) is 37.4 Å². The Kier molecular flexibility index (Phi) is 7.96. The van der Waals surface area contributed by atoms with Gasteiger partial charge in [-0.3, -0.25) is 4.57 Å². The lowest BCUT2D eigenvalue weighted by molar-refractivity contribution is 0.127. The molecule has 7 nitrogen and oxygen atoms in total. The summed E-state index contributed by atoms with van der Waals surface area (Å²) in [6, 6.07) is 20.3. The number of methoxy groups -OCH3 is 1. The SMILES string of the molecule is C=IC(F)(F)c1cccc(Nc2nc(=O)n(Cc3ccc(OC)cc3)c(=O)n2Cc2ccc(C)cc2)c1. The third kappa shape index (κ3) is 6.19. The number of benzene rings is 3. The number of anilines is 2. The van der Waals surface area contributed by atoms with Crippen molar-refractivity contribution < 1.29 is 13.5 Å². The van der Waals surface area contributed by atoms with Gasteiger partial charge in [0.2, 0.25) is 5.95 Å². The number of alkyl halides is 3. The lowest BCUT2D eigenvalue weighted by Crippen LogP contribution is -2.43. The highest BCUT2D eigenvalue weighted by Crippen LogP contribution is 2.39. The zero-order valence-corrected chi connectivity index (χ0v) is 22.4. The molecule has 0 spiro atoms. The van der Waals surface area contributed by atoms with Crippen LogP contribution in [0.4, 0.5) is 20.4 Å². The first-order valence-corrected chi connectivity index (χ1v) is 13.9. The van der Waals surface area contributed by atoms with Crippen LogP contribution in [0.15, 0.2) is 82.4 Å². The van der Waals surface area contributed by atoms with Crippen molar-refractivity contribution in [3.8, 4) is 5.75 Å². The van der Waals surface area contributed by atoms with Crippen molar-refractivity contribution in [1.82, 2.24) is 14.1 Å². The molecule has 37 heavy (non-hydrogen) atoms. The number of aromatic nitrogens is 3. The van der Waals surface area contributed by atoms with Crippen LogP contribution in [0, 0.1) is 6.92 Å². The Bertz CT molecular complexity index is 1530. The van der Waals surface area contributed by atoms with Crippen molar-refractivity contribution in [3.05, 3.63) is 116 Å². The number of hydrogen-bond donors (Lipinski definition) is 1. The van der Waals surface area contributed by atoms with Gasteiger partial charge in [-0.05, 0) is 63.0 Å². The molecule has 0 amide bonds. The van der Waals surface area contributed by atoms with E-state index in [0.29, 0.717) is 5.75 Å². The molecule has 0 aliphatic rings. The van der Waals surface area contributed by atoms with Crippen molar-refractivity contribution in [2.24, 2.45) is 0 Å². The predicted molar refractivity (Wildman–Crippen MR) is 150 cm³/mol. The Morgan fingerprint density at radius 2 is 1.59 bits per heavy atom. The van der Waals surface area contributed by atoms with Gasteiger partial charge in [-0.2, -0.15) is 13.8 Å². The molecule has 0 bridgehead atoms. The quantitative estimate of drug-likeness (QED) is 0.211. The summed E-state index contributed by atoms with van der Waals surface area (Å²) in [5, 5.41) is 2.91. The van der Waals surface area contributed by atoms with E-state index in [-0.39, 0.29) is 30.3 Å². The van der Waals surface area contributed by atoms with E-state index < -0.39 is 36.0 Å². The molecular formula is C27H25F2IN4O3. The minimum absolute atomic E-state index is 0.0116. The first kappa shape index (κ1) is 26.4. The van der Waals surface area contributed by atoms with E-state index in [4.69, 9.17) is 4.74 Å². The molecule has 10 heteroatoms. The lowest BCUT2D eigenvalue weighted by atomic mass is 10.1. The molecule has 0 saturated carbocycles. The minimum Gasteiger partial charge on any atom is -0.497 e. The highest BCUT2D eigenvalue weighted by molar-refractivity contribution is 14.2. The highest BCUT2D eigenvalue weighted by atomic mass is 127. The summed E-state index contributed by atoms with van der Waals surface area (Å²) in [7, 11) is 1.55. The molecule has 0 aliphatic heterocycles. The molecule has 0 radical (unpaired) electrons. The maximum Gasteiger partial charge on any atom is 0.355 e. The summed E-state index contributed by atoms with van der Waals surface area (Å²) >= 11 is -1.62. The van der Waals surface area contributed by atoms with E-state index in [1.165, 1.54) is 22.8 Å². The number of rotatable bonds is 9. The second kappa shape index (κ2) is 11.2. The van der Waals surface area contributed by atoms with E-state index in [9.17, 15) is 18.4 Å². The van der Waals surface area contributed by atoms with Gasteiger partial charge in [0.1, 0.15) is 5.75 Å². The molecule has 0 saturated heterocycles. The zero-order chi connectivity index (χ0) is 26.6. The third-order valence-electron chi connectivity index (χ3n) is 5.72. The van der Waals surface area contributed by atoms with Crippen LogP contribution in [0.1, 0.15) is 22.3 Å². The van der Waals surface area contributed by atoms with Gasteiger partial charge in [-0.1, -0.05) is 58.6 Å². The van der Waals surface area contributed by atoms with Gasteiger partial charge in [0.05, 0.1) is 20.2 Å². The topological polar surface area (TPSA) is 78.2 Å².